The van der Waals surface area contributed by atoms with E-state index < -0.39 is 0 Å². The lowest BCUT2D eigenvalue weighted by Crippen LogP contribution is -2.26. The van der Waals surface area contributed by atoms with Gasteiger partial charge in [-0.2, -0.15) is 0 Å². The van der Waals surface area contributed by atoms with Gasteiger partial charge in [-0.3, -0.25) is 4.79 Å². The predicted molar refractivity (Wildman–Crippen MR) is 112 cm³/mol. The molecule has 1 atom stereocenters. The summed E-state index contributed by atoms with van der Waals surface area (Å²) >= 11 is 1.54. The van der Waals surface area contributed by atoms with Crippen LogP contribution in [0.25, 0.3) is 22.2 Å². The molecule has 0 spiro atoms. The molecule has 1 amide bonds. The van der Waals surface area contributed by atoms with Gasteiger partial charge in [0.2, 0.25) is 5.91 Å². The minimum Gasteiger partial charge on any atom is -0.484 e. The van der Waals surface area contributed by atoms with Crippen molar-refractivity contribution in [3.05, 3.63) is 24.5 Å². The summed E-state index contributed by atoms with van der Waals surface area (Å²) in [4.78, 5) is 20.6. The number of hydrogen-bond acceptors (Lipinski definition) is 7. The topological polar surface area (TPSA) is 87.5 Å². The first-order valence-electron chi connectivity index (χ1n) is 9.14. The van der Waals surface area contributed by atoms with E-state index in [1.165, 1.54) is 18.7 Å². The smallest absolute Gasteiger partial charge is 0.222 e. The van der Waals surface area contributed by atoms with Crippen molar-refractivity contribution in [2.75, 3.05) is 25.3 Å². The van der Waals surface area contributed by atoms with E-state index in [0.717, 1.165) is 21.5 Å². The number of carbonyl (C=O) groups excluding carboxylic acids is 1. The minimum absolute atomic E-state index is 0.0298. The molecular formula is C20H22N4O4S. The van der Waals surface area contributed by atoms with Crippen molar-refractivity contribution in [3.8, 4) is 22.8 Å². The minimum atomic E-state index is -0.180. The summed E-state index contributed by atoms with van der Waals surface area (Å²) in [5.74, 6) is 1.60. The lowest BCUT2D eigenvalue weighted by Gasteiger charge is -2.25. The Morgan fingerprint density at radius 1 is 1.45 bits per heavy atom. The number of fused-ring (bicyclic) bond motifs is 2. The zero-order chi connectivity index (χ0) is 20.5. The number of pyridine rings is 2. The summed E-state index contributed by atoms with van der Waals surface area (Å²) in [6.07, 6.45) is 5.62. The first-order valence-corrected chi connectivity index (χ1v) is 10.4. The Balaban J connectivity index is 1.95. The number of nitrogens with one attached hydrogen (secondary N) is 1. The van der Waals surface area contributed by atoms with Gasteiger partial charge in [0.25, 0.3) is 0 Å². The van der Waals surface area contributed by atoms with Gasteiger partial charge in [-0.1, -0.05) is 0 Å². The number of amides is 1. The lowest BCUT2D eigenvalue weighted by atomic mass is 10.1. The second-order valence-corrected chi connectivity index (χ2v) is 7.60. The van der Waals surface area contributed by atoms with Gasteiger partial charge in [-0.25, -0.2) is 9.97 Å². The van der Waals surface area contributed by atoms with Crippen LogP contribution in [-0.4, -0.2) is 46.5 Å². The van der Waals surface area contributed by atoms with E-state index in [9.17, 15) is 4.79 Å². The van der Waals surface area contributed by atoms with Gasteiger partial charge in [-0.15, -0.1) is 11.8 Å². The van der Waals surface area contributed by atoms with Crippen molar-refractivity contribution >= 4 is 34.4 Å². The zero-order valence-electron chi connectivity index (χ0n) is 16.7. The van der Waals surface area contributed by atoms with Crippen LogP contribution in [0.1, 0.15) is 13.8 Å². The van der Waals surface area contributed by atoms with Gasteiger partial charge in [0.15, 0.2) is 11.5 Å². The molecule has 8 nitrogen and oxygen atoms in total. The number of thioether (sulfide) groups is 1. The van der Waals surface area contributed by atoms with Crippen LogP contribution in [0, 0.1) is 0 Å². The Hall–Kier alpha value is -2.78. The summed E-state index contributed by atoms with van der Waals surface area (Å²) in [6.45, 7) is 4.24. The highest BCUT2D eigenvalue weighted by molar-refractivity contribution is 7.98. The van der Waals surface area contributed by atoms with Gasteiger partial charge in [0.05, 0.1) is 11.7 Å². The average molecular weight is 414 g/mol. The second kappa shape index (κ2) is 7.92. The summed E-state index contributed by atoms with van der Waals surface area (Å²) < 4.78 is 19.3. The highest BCUT2D eigenvalue weighted by atomic mass is 32.2. The Bertz CT molecular complexity index is 1080. The summed E-state index contributed by atoms with van der Waals surface area (Å²) in [5, 5.41) is 4.46. The number of carbonyl (C=O) groups is 1. The summed E-state index contributed by atoms with van der Waals surface area (Å²) in [7, 11) is 1.64. The van der Waals surface area contributed by atoms with E-state index in [-0.39, 0.29) is 12.0 Å². The van der Waals surface area contributed by atoms with Crippen LogP contribution >= 0.6 is 11.8 Å². The van der Waals surface area contributed by atoms with Gasteiger partial charge in [0, 0.05) is 37.2 Å². The Morgan fingerprint density at radius 3 is 3.00 bits per heavy atom. The standard InChI is InChI=1S/C20H22N4O4S/c1-11-9-27-20-16(28-11)6-18(29-4)23-19(20)14-8-24(10-26-3)15-7-21-17(5-13(14)15)22-12(2)25/h5-8,11H,9-10H2,1-4H3,(H,21,22,25)/t11-/m1/s1. The van der Waals surface area contributed by atoms with Gasteiger partial charge >= 0.3 is 0 Å². The fraction of sp³-hybridized carbons (Fsp3) is 0.350. The molecule has 0 unspecified atom stereocenters. The fourth-order valence-electron chi connectivity index (χ4n) is 3.32. The van der Waals surface area contributed by atoms with Crippen molar-refractivity contribution in [2.45, 2.75) is 31.7 Å². The van der Waals surface area contributed by atoms with Crippen LogP contribution in [0.5, 0.6) is 11.5 Å². The molecular weight excluding hydrogens is 392 g/mol. The van der Waals surface area contributed by atoms with Gasteiger partial charge in [0.1, 0.15) is 36.0 Å². The number of nitrogens with zero attached hydrogens (tertiary/aromatic N) is 3. The third kappa shape index (κ3) is 3.75. The van der Waals surface area contributed by atoms with Crippen molar-refractivity contribution in [2.24, 2.45) is 0 Å². The maximum absolute atomic E-state index is 11.5. The van der Waals surface area contributed by atoms with Crippen molar-refractivity contribution in [1.82, 2.24) is 14.5 Å². The molecule has 0 fully saturated rings. The summed E-state index contributed by atoms with van der Waals surface area (Å²) in [5.41, 5.74) is 2.42. The average Bonchev–Trinajstić information content (AvgIpc) is 3.04. The Kier molecular flexibility index (Phi) is 5.33. The second-order valence-electron chi connectivity index (χ2n) is 6.78. The molecule has 0 bridgehead atoms. The predicted octanol–water partition coefficient (Wildman–Crippen LogP) is 3.54. The van der Waals surface area contributed by atoms with Gasteiger partial charge < -0.3 is 24.1 Å². The molecule has 0 aromatic carbocycles. The van der Waals surface area contributed by atoms with Crippen LogP contribution in [0.15, 0.2) is 29.6 Å². The van der Waals surface area contributed by atoms with Crippen LogP contribution in [0.2, 0.25) is 0 Å². The number of methoxy groups -OCH3 is 1. The molecule has 4 heterocycles. The zero-order valence-corrected chi connectivity index (χ0v) is 17.5. The van der Waals surface area contributed by atoms with Crippen LogP contribution in [0.4, 0.5) is 5.82 Å². The number of rotatable bonds is 5. The molecule has 4 rings (SSSR count). The third-order valence-corrected chi connectivity index (χ3v) is 5.14. The van der Waals surface area contributed by atoms with E-state index in [0.29, 0.717) is 36.3 Å². The first-order chi connectivity index (χ1) is 14.0. The van der Waals surface area contributed by atoms with Crippen LogP contribution in [-0.2, 0) is 16.3 Å². The molecule has 0 aliphatic carbocycles. The molecule has 29 heavy (non-hydrogen) atoms. The van der Waals surface area contributed by atoms with Crippen LogP contribution in [0.3, 0.4) is 0 Å². The van der Waals surface area contributed by atoms with E-state index in [4.69, 9.17) is 19.2 Å². The normalized spacial score (nSPS) is 15.5. The van der Waals surface area contributed by atoms with Crippen LogP contribution < -0.4 is 14.8 Å². The molecule has 9 heteroatoms. The Morgan fingerprint density at radius 2 is 2.28 bits per heavy atom. The van der Waals surface area contributed by atoms with Crippen molar-refractivity contribution in [3.63, 3.8) is 0 Å². The molecule has 152 valence electrons. The molecule has 0 saturated carbocycles. The monoisotopic (exact) mass is 414 g/mol. The molecule has 0 radical (unpaired) electrons. The molecule has 3 aromatic rings. The van der Waals surface area contributed by atoms with E-state index >= 15 is 0 Å². The molecule has 0 saturated heterocycles. The number of hydrogen-bond donors (Lipinski definition) is 1. The highest BCUT2D eigenvalue weighted by Gasteiger charge is 2.26. The summed E-state index contributed by atoms with van der Waals surface area (Å²) in [6, 6.07) is 3.74. The van der Waals surface area contributed by atoms with E-state index in [2.05, 4.69) is 10.3 Å². The maximum Gasteiger partial charge on any atom is 0.222 e. The van der Waals surface area contributed by atoms with E-state index in [1.807, 2.05) is 36.1 Å². The SMILES string of the molecule is COCn1cc(-c2nc(SC)cc3c2OC[C@@H](C)O3)c2cc(NC(C)=O)ncc21. The number of aromatic nitrogens is 3. The molecule has 1 aliphatic rings. The third-order valence-electron chi connectivity index (χ3n) is 4.51. The number of anilines is 1. The first kappa shape index (κ1) is 19.5. The maximum atomic E-state index is 11.5. The Labute approximate surface area is 172 Å². The lowest BCUT2D eigenvalue weighted by molar-refractivity contribution is -0.114. The largest absolute Gasteiger partial charge is 0.484 e. The fourth-order valence-corrected chi connectivity index (χ4v) is 3.73. The van der Waals surface area contributed by atoms with Gasteiger partial charge in [-0.05, 0) is 19.2 Å². The molecule has 1 N–H and O–H groups in total. The van der Waals surface area contributed by atoms with Crippen molar-refractivity contribution < 1.29 is 19.0 Å². The highest BCUT2D eigenvalue weighted by Crippen LogP contribution is 2.44. The quantitative estimate of drug-likeness (QED) is 0.639. The molecule has 3 aromatic heterocycles. The number of ether oxygens (including phenoxy) is 3. The van der Waals surface area contributed by atoms with E-state index in [1.54, 1.807) is 13.3 Å². The molecule has 1 aliphatic heterocycles. The van der Waals surface area contributed by atoms with Crippen molar-refractivity contribution in [1.29, 1.82) is 0 Å².